The van der Waals surface area contributed by atoms with Crippen LogP contribution >= 0.6 is 0 Å². The van der Waals surface area contributed by atoms with Gasteiger partial charge in [-0.3, -0.25) is 5.10 Å². The lowest BCUT2D eigenvalue weighted by Gasteiger charge is -2.04. The third kappa shape index (κ3) is 2.38. The Hall–Kier alpha value is -1.75. The molecule has 0 aliphatic heterocycles. The second kappa shape index (κ2) is 4.18. The lowest BCUT2D eigenvalue weighted by Crippen LogP contribution is -1.88. The summed E-state index contributed by atoms with van der Waals surface area (Å²) in [7, 11) is 0. The van der Waals surface area contributed by atoms with Crippen molar-refractivity contribution in [1.82, 2.24) is 10.2 Å². The van der Waals surface area contributed by atoms with Crippen molar-refractivity contribution in [2.24, 2.45) is 0 Å². The molecule has 1 heterocycles. The van der Waals surface area contributed by atoms with Gasteiger partial charge >= 0.3 is 0 Å². The van der Waals surface area contributed by atoms with E-state index in [0.29, 0.717) is 0 Å². The van der Waals surface area contributed by atoms with Gasteiger partial charge in [-0.15, -0.1) is 0 Å². The Bertz CT molecular complexity index is 478. The Labute approximate surface area is 90.1 Å². The predicted molar refractivity (Wildman–Crippen MR) is 62.1 cm³/mol. The number of aromatic nitrogens is 2. The fourth-order valence-electron chi connectivity index (χ4n) is 1.55. The van der Waals surface area contributed by atoms with Gasteiger partial charge in [-0.05, 0) is 50.5 Å². The Morgan fingerprint density at radius 2 is 2.00 bits per heavy atom. The van der Waals surface area contributed by atoms with Gasteiger partial charge in [-0.25, -0.2) is 0 Å². The van der Waals surface area contributed by atoms with E-state index in [0.717, 1.165) is 24.2 Å². The van der Waals surface area contributed by atoms with Crippen molar-refractivity contribution in [2.45, 2.75) is 26.7 Å². The molecular weight excluding hydrogens is 184 g/mol. The molecule has 1 aliphatic rings. The number of aryl methyl sites for hydroxylation is 1. The molecule has 1 aliphatic carbocycles. The fourth-order valence-corrected chi connectivity index (χ4v) is 1.55. The highest BCUT2D eigenvalue weighted by Gasteiger charge is 2.06. The maximum Gasteiger partial charge on any atom is 0.0889 e. The van der Waals surface area contributed by atoms with E-state index in [4.69, 9.17) is 0 Å². The van der Waals surface area contributed by atoms with Gasteiger partial charge in [0.05, 0.1) is 5.69 Å². The molecular formula is C13H14N2. The molecule has 76 valence electrons. The van der Waals surface area contributed by atoms with Crippen molar-refractivity contribution in [3.63, 3.8) is 0 Å². The van der Waals surface area contributed by atoms with Crippen LogP contribution in [0, 0.1) is 18.8 Å². The van der Waals surface area contributed by atoms with E-state index < -0.39 is 0 Å². The van der Waals surface area contributed by atoms with E-state index in [1.54, 1.807) is 0 Å². The average molecular weight is 198 g/mol. The second-order valence-corrected chi connectivity index (χ2v) is 3.89. The summed E-state index contributed by atoms with van der Waals surface area (Å²) in [4.78, 5) is 0. The molecule has 0 atom stereocenters. The summed E-state index contributed by atoms with van der Waals surface area (Å²) in [5, 5.41) is 7.22. The molecule has 0 saturated heterocycles. The first-order valence-electron chi connectivity index (χ1n) is 5.14. The van der Waals surface area contributed by atoms with Crippen molar-refractivity contribution in [3.05, 3.63) is 35.2 Å². The predicted octanol–water partition coefficient (Wildman–Crippen LogP) is 2.85. The number of nitrogens with one attached hydrogen (secondary N) is 1. The molecule has 0 aromatic carbocycles. The van der Waals surface area contributed by atoms with E-state index in [1.165, 1.54) is 11.1 Å². The number of nitrogens with zero attached hydrogens (tertiary/aromatic N) is 1. The number of hydrogen-bond acceptors (Lipinski definition) is 1. The molecule has 2 nitrogen and oxygen atoms in total. The molecule has 1 aromatic rings. The van der Waals surface area contributed by atoms with Gasteiger partial charge in [0, 0.05) is 5.69 Å². The number of hydrogen-bond donors (Lipinski definition) is 1. The minimum Gasteiger partial charge on any atom is -0.282 e. The standard InChI is InChI=1S/C13H14N2/c1-10-5-3-4-6-12(8-7-10)13-9-11(2)14-15-13/h5-6,9H,7-8H2,1-2H3,(H,14,15). The quantitative estimate of drug-likeness (QED) is 0.691. The van der Waals surface area contributed by atoms with Gasteiger partial charge in [-0.1, -0.05) is 17.4 Å². The summed E-state index contributed by atoms with van der Waals surface area (Å²) in [6, 6.07) is 2.06. The van der Waals surface area contributed by atoms with E-state index in [2.05, 4.69) is 35.0 Å². The van der Waals surface area contributed by atoms with Gasteiger partial charge in [0.2, 0.25) is 0 Å². The van der Waals surface area contributed by atoms with Gasteiger partial charge < -0.3 is 0 Å². The van der Waals surface area contributed by atoms with Crippen LogP contribution in [0.5, 0.6) is 0 Å². The van der Waals surface area contributed by atoms with Crippen LogP contribution < -0.4 is 0 Å². The Kier molecular flexibility index (Phi) is 2.73. The topological polar surface area (TPSA) is 28.7 Å². The van der Waals surface area contributed by atoms with Crippen LogP contribution in [-0.2, 0) is 0 Å². The van der Waals surface area contributed by atoms with Crippen LogP contribution in [-0.4, -0.2) is 10.2 Å². The van der Waals surface area contributed by atoms with Crippen LogP contribution in [0.2, 0.25) is 0 Å². The average Bonchev–Trinajstić information content (AvgIpc) is 2.59. The van der Waals surface area contributed by atoms with Crippen LogP contribution in [0.15, 0.2) is 23.8 Å². The van der Waals surface area contributed by atoms with Crippen LogP contribution in [0.25, 0.3) is 5.57 Å². The zero-order valence-electron chi connectivity index (χ0n) is 9.09. The number of rotatable bonds is 1. The van der Waals surface area contributed by atoms with Crippen LogP contribution in [0.4, 0.5) is 0 Å². The molecule has 1 aromatic heterocycles. The highest BCUT2D eigenvalue weighted by molar-refractivity contribution is 5.66. The molecule has 0 radical (unpaired) electrons. The lowest BCUT2D eigenvalue weighted by atomic mass is 10.0. The molecule has 15 heavy (non-hydrogen) atoms. The number of aromatic amines is 1. The highest BCUT2D eigenvalue weighted by Crippen LogP contribution is 2.21. The lowest BCUT2D eigenvalue weighted by molar-refractivity contribution is 0.970. The monoisotopic (exact) mass is 198 g/mol. The maximum atomic E-state index is 4.26. The molecule has 0 saturated carbocycles. The summed E-state index contributed by atoms with van der Waals surface area (Å²) in [5.41, 5.74) is 4.67. The van der Waals surface area contributed by atoms with E-state index in [9.17, 15) is 0 Å². The maximum absolute atomic E-state index is 4.26. The number of H-pyrrole nitrogens is 1. The fraction of sp³-hybridized carbons (Fsp3) is 0.308. The molecule has 0 unspecified atom stereocenters. The summed E-state index contributed by atoms with van der Waals surface area (Å²) in [5.74, 6) is 6.05. The summed E-state index contributed by atoms with van der Waals surface area (Å²) >= 11 is 0. The van der Waals surface area contributed by atoms with Crippen molar-refractivity contribution >= 4 is 5.57 Å². The van der Waals surface area contributed by atoms with Crippen molar-refractivity contribution in [1.29, 1.82) is 0 Å². The second-order valence-electron chi connectivity index (χ2n) is 3.89. The smallest absolute Gasteiger partial charge is 0.0889 e. The first-order valence-corrected chi connectivity index (χ1v) is 5.14. The minimum atomic E-state index is 1.02. The first kappa shape index (κ1) is 9.79. The zero-order valence-corrected chi connectivity index (χ0v) is 9.09. The normalized spacial score (nSPS) is 15.6. The Morgan fingerprint density at radius 1 is 1.20 bits per heavy atom. The van der Waals surface area contributed by atoms with Crippen LogP contribution in [0.1, 0.15) is 31.2 Å². The van der Waals surface area contributed by atoms with Crippen molar-refractivity contribution < 1.29 is 0 Å². The van der Waals surface area contributed by atoms with E-state index in [-0.39, 0.29) is 0 Å². The number of allylic oxidation sites excluding steroid dienone is 4. The molecule has 0 spiro atoms. The van der Waals surface area contributed by atoms with E-state index >= 15 is 0 Å². The molecule has 0 amide bonds. The molecule has 0 bridgehead atoms. The molecule has 0 fully saturated rings. The summed E-state index contributed by atoms with van der Waals surface area (Å²) in [6.45, 7) is 4.13. The third-order valence-electron chi connectivity index (χ3n) is 2.47. The summed E-state index contributed by atoms with van der Waals surface area (Å²) < 4.78 is 0. The van der Waals surface area contributed by atoms with Gasteiger partial charge in [0.15, 0.2) is 0 Å². The Morgan fingerprint density at radius 3 is 2.73 bits per heavy atom. The molecule has 1 N–H and O–H groups in total. The first-order chi connectivity index (χ1) is 7.25. The SMILES string of the molecule is CC1=CC#CC=C(c2cc(C)[nH]n2)CC1. The van der Waals surface area contributed by atoms with E-state index in [1.807, 2.05) is 19.1 Å². The van der Waals surface area contributed by atoms with Gasteiger partial charge in [0.1, 0.15) is 0 Å². The summed E-state index contributed by atoms with van der Waals surface area (Å²) in [6.07, 6.45) is 6.04. The molecule has 2 rings (SSSR count). The molecule has 2 heteroatoms. The highest BCUT2D eigenvalue weighted by atomic mass is 15.1. The van der Waals surface area contributed by atoms with Crippen LogP contribution in [0.3, 0.4) is 0 Å². The Balaban J connectivity index is 2.27. The minimum absolute atomic E-state index is 1.02. The van der Waals surface area contributed by atoms with Crippen molar-refractivity contribution in [3.8, 4) is 11.8 Å². The van der Waals surface area contributed by atoms with Gasteiger partial charge in [0.25, 0.3) is 0 Å². The van der Waals surface area contributed by atoms with Gasteiger partial charge in [-0.2, -0.15) is 5.10 Å². The zero-order chi connectivity index (χ0) is 10.7. The third-order valence-corrected chi connectivity index (χ3v) is 2.47. The van der Waals surface area contributed by atoms with Crippen molar-refractivity contribution in [2.75, 3.05) is 0 Å². The largest absolute Gasteiger partial charge is 0.282 e.